The number of cyclic esters (lactones) is 1. The second-order valence-electron chi connectivity index (χ2n) is 9.36. The molecule has 194 valence electrons. The van der Waals surface area contributed by atoms with Crippen molar-refractivity contribution in [3.8, 4) is 11.5 Å². The normalized spacial score (nSPS) is 18.7. The van der Waals surface area contributed by atoms with Crippen molar-refractivity contribution in [2.45, 2.75) is 38.6 Å². The first-order valence-corrected chi connectivity index (χ1v) is 12.6. The lowest BCUT2D eigenvalue weighted by Gasteiger charge is -2.29. The van der Waals surface area contributed by atoms with E-state index >= 15 is 0 Å². The van der Waals surface area contributed by atoms with Crippen molar-refractivity contribution in [1.29, 1.82) is 0 Å². The maximum absolute atomic E-state index is 13.5. The highest BCUT2D eigenvalue weighted by Crippen LogP contribution is 2.45. The minimum absolute atomic E-state index is 0.178. The summed E-state index contributed by atoms with van der Waals surface area (Å²) >= 11 is 0. The Hall–Kier alpha value is -4.53. The molecule has 3 heterocycles. The van der Waals surface area contributed by atoms with E-state index in [-0.39, 0.29) is 29.5 Å². The molecule has 2 aliphatic heterocycles. The van der Waals surface area contributed by atoms with Crippen LogP contribution in [0.2, 0.25) is 0 Å². The number of hydrogen-bond donors (Lipinski definition) is 1. The molecule has 2 atom stereocenters. The molecule has 0 bridgehead atoms. The third-order valence-electron chi connectivity index (χ3n) is 7.43. The molecule has 9 nitrogen and oxygen atoms in total. The second-order valence-corrected chi connectivity index (χ2v) is 9.36. The van der Waals surface area contributed by atoms with E-state index in [1.54, 1.807) is 12.1 Å². The average Bonchev–Trinajstić information content (AvgIpc) is 3.58. The number of para-hydroxylation sites is 1. The molecule has 2 aliphatic rings. The number of likely N-dealkylation sites (tertiary alicyclic amines) is 1. The summed E-state index contributed by atoms with van der Waals surface area (Å²) in [7, 11) is 2.91. The SMILES string of the molecule is CCn1c2ccccc2c2cc(NC(=O)[C@@H]3CCC(=O)N3[C@@H]3OC(=O)c4c3ccc(OC)c4OC)ccc21. The van der Waals surface area contributed by atoms with Gasteiger partial charge >= 0.3 is 5.97 Å². The van der Waals surface area contributed by atoms with E-state index in [1.807, 2.05) is 30.3 Å². The summed E-state index contributed by atoms with van der Waals surface area (Å²) in [5.74, 6) is -0.598. The van der Waals surface area contributed by atoms with E-state index in [4.69, 9.17) is 14.2 Å². The van der Waals surface area contributed by atoms with Crippen molar-refractivity contribution in [2.24, 2.45) is 0 Å². The smallest absolute Gasteiger partial charge is 0.344 e. The van der Waals surface area contributed by atoms with Gasteiger partial charge in [0.25, 0.3) is 0 Å². The Balaban J connectivity index is 1.32. The Morgan fingerprint density at radius 2 is 1.82 bits per heavy atom. The monoisotopic (exact) mass is 513 g/mol. The first-order valence-electron chi connectivity index (χ1n) is 12.6. The van der Waals surface area contributed by atoms with Gasteiger partial charge in [0, 0.05) is 46.0 Å². The summed E-state index contributed by atoms with van der Waals surface area (Å²) < 4.78 is 18.6. The zero-order chi connectivity index (χ0) is 26.6. The van der Waals surface area contributed by atoms with Crippen molar-refractivity contribution in [3.05, 3.63) is 65.7 Å². The lowest BCUT2D eigenvalue weighted by atomic mass is 10.0. The molecule has 2 amide bonds. The summed E-state index contributed by atoms with van der Waals surface area (Å²) in [5, 5.41) is 5.14. The Labute approximate surface area is 218 Å². The number of anilines is 1. The van der Waals surface area contributed by atoms with Crippen molar-refractivity contribution in [2.75, 3.05) is 19.5 Å². The van der Waals surface area contributed by atoms with E-state index in [9.17, 15) is 14.4 Å². The standard InChI is InChI=1S/C29H27N3O6/c1-4-31-20-8-6-5-7-17(20)19-15-16(9-11-21(19)31)30-27(34)22-12-14-24(33)32(22)28-18-10-13-23(36-2)26(37-3)25(18)29(35)38-28/h5-11,13,15,22,28H,4,12,14H2,1-3H3,(H,30,34)/t22-,28+/m0/s1. The molecule has 0 aliphatic carbocycles. The molecular weight excluding hydrogens is 486 g/mol. The number of nitrogens with zero attached hydrogens (tertiary/aromatic N) is 2. The highest BCUT2D eigenvalue weighted by Gasteiger charge is 2.47. The van der Waals surface area contributed by atoms with Gasteiger partial charge < -0.3 is 24.1 Å². The molecule has 38 heavy (non-hydrogen) atoms. The molecule has 0 radical (unpaired) electrons. The number of methoxy groups -OCH3 is 2. The number of nitrogens with one attached hydrogen (secondary N) is 1. The summed E-state index contributed by atoms with van der Waals surface area (Å²) in [6.45, 7) is 2.93. The van der Waals surface area contributed by atoms with Crippen LogP contribution in [0.25, 0.3) is 21.8 Å². The van der Waals surface area contributed by atoms with E-state index in [2.05, 4.69) is 28.9 Å². The highest BCUT2D eigenvalue weighted by molar-refractivity contribution is 6.10. The topological polar surface area (TPSA) is 99.1 Å². The molecular formula is C29H27N3O6. The van der Waals surface area contributed by atoms with E-state index in [1.165, 1.54) is 19.1 Å². The molecule has 6 rings (SSSR count). The number of rotatable bonds is 6. The van der Waals surface area contributed by atoms with Gasteiger partial charge in [0.05, 0.1) is 14.2 Å². The molecule has 1 saturated heterocycles. The molecule has 3 aromatic carbocycles. The summed E-state index contributed by atoms with van der Waals surface area (Å²) in [6, 6.07) is 16.5. The van der Waals surface area contributed by atoms with Crippen LogP contribution in [-0.2, 0) is 20.9 Å². The summed E-state index contributed by atoms with van der Waals surface area (Å²) in [5.41, 5.74) is 3.53. The third kappa shape index (κ3) is 3.49. The zero-order valence-electron chi connectivity index (χ0n) is 21.3. The maximum atomic E-state index is 13.5. The first kappa shape index (κ1) is 23.8. The van der Waals surface area contributed by atoms with Crippen LogP contribution in [-0.4, -0.2) is 47.5 Å². The molecule has 9 heteroatoms. The molecule has 4 aromatic rings. The lowest BCUT2D eigenvalue weighted by Crippen LogP contribution is -2.43. The maximum Gasteiger partial charge on any atom is 0.344 e. The van der Waals surface area contributed by atoms with Crippen LogP contribution < -0.4 is 14.8 Å². The summed E-state index contributed by atoms with van der Waals surface area (Å²) in [4.78, 5) is 40.7. The van der Waals surface area contributed by atoms with Crippen molar-refractivity contribution in [1.82, 2.24) is 9.47 Å². The van der Waals surface area contributed by atoms with Gasteiger partial charge in [-0.1, -0.05) is 18.2 Å². The van der Waals surface area contributed by atoms with Gasteiger partial charge in [-0.05, 0) is 49.7 Å². The first-order chi connectivity index (χ1) is 18.5. The molecule has 0 spiro atoms. The number of aromatic nitrogens is 1. The Morgan fingerprint density at radius 1 is 1.03 bits per heavy atom. The highest BCUT2D eigenvalue weighted by atomic mass is 16.6. The molecule has 0 saturated carbocycles. The van der Waals surface area contributed by atoms with E-state index in [0.29, 0.717) is 23.4 Å². The number of hydrogen-bond acceptors (Lipinski definition) is 6. The van der Waals surface area contributed by atoms with Crippen LogP contribution in [0.4, 0.5) is 5.69 Å². The number of aryl methyl sites for hydroxylation is 1. The predicted octanol–water partition coefficient (Wildman–Crippen LogP) is 4.63. The quantitative estimate of drug-likeness (QED) is 0.378. The number of carbonyl (C=O) groups excluding carboxylic acids is 3. The van der Waals surface area contributed by atoms with Gasteiger partial charge in [-0.3, -0.25) is 14.5 Å². The molecule has 1 N–H and O–H groups in total. The number of fused-ring (bicyclic) bond motifs is 4. The van der Waals surface area contributed by atoms with Crippen LogP contribution in [0.15, 0.2) is 54.6 Å². The number of esters is 1. The van der Waals surface area contributed by atoms with Gasteiger partial charge in [-0.2, -0.15) is 0 Å². The summed E-state index contributed by atoms with van der Waals surface area (Å²) in [6.07, 6.45) is -0.524. The number of benzene rings is 3. The fraction of sp³-hybridized carbons (Fsp3) is 0.276. The van der Waals surface area contributed by atoms with Crippen LogP contribution in [0.5, 0.6) is 11.5 Å². The van der Waals surface area contributed by atoms with E-state index < -0.39 is 18.2 Å². The van der Waals surface area contributed by atoms with Crippen molar-refractivity contribution < 1.29 is 28.6 Å². The average molecular weight is 514 g/mol. The van der Waals surface area contributed by atoms with Crippen LogP contribution in [0, 0.1) is 0 Å². The zero-order valence-corrected chi connectivity index (χ0v) is 21.3. The Kier molecular flexibility index (Phi) is 5.71. The van der Waals surface area contributed by atoms with Gasteiger partial charge in [-0.15, -0.1) is 0 Å². The van der Waals surface area contributed by atoms with Crippen LogP contribution in [0.1, 0.15) is 41.9 Å². The number of ether oxygens (including phenoxy) is 3. The number of amides is 2. The van der Waals surface area contributed by atoms with E-state index in [0.717, 1.165) is 28.4 Å². The van der Waals surface area contributed by atoms with Crippen molar-refractivity contribution in [3.63, 3.8) is 0 Å². The lowest BCUT2D eigenvalue weighted by molar-refractivity contribution is -0.144. The van der Waals surface area contributed by atoms with Gasteiger partial charge in [-0.25, -0.2) is 4.79 Å². The Morgan fingerprint density at radius 3 is 2.58 bits per heavy atom. The Bertz CT molecular complexity index is 1620. The fourth-order valence-corrected chi connectivity index (χ4v) is 5.74. The fourth-order valence-electron chi connectivity index (χ4n) is 5.74. The predicted molar refractivity (Wildman–Crippen MR) is 141 cm³/mol. The minimum Gasteiger partial charge on any atom is -0.493 e. The number of carbonyl (C=O) groups is 3. The molecule has 1 fully saturated rings. The van der Waals surface area contributed by atoms with Gasteiger partial charge in [0.15, 0.2) is 11.5 Å². The van der Waals surface area contributed by atoms with Gasteiger partial charge in [0.1, 0.15) is 11.6 Å². The van der Waals surface area contributed by atoms with Crippen LogP contribution in [0.3, 0.4) is 0 Å². The minimum atomic E-state index is -1.02. The largest absolute Gasteiger partial charge is 0.493 e. The third-order valence-corrected chi connectivity index (χ3v) is 7.43. The second kappa shape index (κ2) is 9.09. The molecule has 1 aromatic heterocycles. The van der Waals surface area contributed by atoms with Gasteiger partial charge in [0.2, 0.25) is 18.0 Å². The van der Waals surface area contributed by atoms with Crippen LogP contribution >= 0.6 is 0 Å². The molecule has 0 unspecified atom stereocenters. The van der Waals surface area contributed by atoms with Crippen molar-refractivity contribution >= 4 is 45.3 Å².